The Bertz CT molecular complexity index is 352. The minimum Gasteiger partial charge on any atom is -0.396 e. The molecule has 0 amide bonds. The molecule has 1 N–H and O–H groups in total. The smallest absolute Gasteiger partial charge is 0.0465 e. The summed E-state index contributed by atoms with van der Waals surface area (Å²) in [6, 6.07) is 11.2. The van der Waals surface area contributed by atoms with Crippen LogP contribution in [0.2, 0.25) is 0 Å². The first-order valence-corrected chi connectivity index (χ1v) is 6.21. The third-order valence-electron chi connectivity index (χ3n) is 4.44. The quantitative estimate of drug-likeness (QED) is 0.836. The Kier molecular flexibility index (Phi) is 2.49. The largest absolute Gasteiger partial charge is 0.396 e. The third-order valence-corrected chi connectivity index (χ3v) is 4.44. The molecule has 1 aromatic carbocycles. The van der Waals surface area contributed by atoms with Crippen molar-refractivity contribution in [1.29, 1.82) is 0 Å². The van der Waals surface area contributed by atoms with E-state index in [0.717, 1.165) is 11.8 Å². The molecule has 0 bridgehead atoms. The van der Waals surface area contributed by atoms with Gasteiger partial charge in [-0.2, -0.15) is 0 Å². The maximum atomic E-state index is 9.14. The Labute approximate surface area is 96.9 Å². The molecule has 3 rings (SSSR count). The maximum Gasteiger partial charge on any atom is 0.0465 e. The number of aliphatic hydroxyl groups is 1. The van der Waals surface area contributed by atoms with Crippen LogP contribution in [0.1, 0.15) is 18.5 Å². The fourth-order valence-electron chi connectivity index (χ4n) is 3.21. The van der Waals surface area contributed by atoms with E-state index in [2.05, 4.69) is 42.2 Å². The first-order valence-electron chi connectivity index (χ1n) is 6.21. The van der Waals surface area contributed by atoms with E-state index in [0.29, 0.717) is 18.6 Å². The molecule has 2 fully saturated rings. The van der Waals surface area contributed by atoms with Gasteiger partial charge in [-0.05, 0) is 30.2 Å². The summed E-state index contributed by atoms with van der Waals surface area (Å²) in [4.78, 5) is 2.55. The van der Waals surface area contributed by atoms with Crippen molar-refractivity contribution >= 4 is 0 Å². The number of nitrogens with zero attached hydrogens (tertiary/aromatic N) is 1. The van der Waals surface area contributed by atoms with Crippen molar-refractivity contribution in [2.45, 2.75) is 13.0 Å². The summed E-state index contributed by atoms with van der Waals surface area (Å²) >= 11 is 0. The van der Waals surface area contributed by atoms with Gasteiger partial charge in [0.25, 0.3) is 0 Å². The number of benzene rings is 1. The average molecular weight is 217 g/mol. The van der Waals surface area contributed by atoms with Gasteiger partial charge >= 0.3 is 0 Å². The van der Waals surface area contributed by atoms with Crippen molar-refractivity contribution in [1.82, 2.24) is 4.90 Å². The highest BCUT2D eigenvalue weighted by molar-refractivity contribution is 5.19. The van der Waals surface area contributed by atoms with Crippen LogP contribution in [0.25, 0.3) is 0 Å². The molecule has 0 spiro atoms. The van der Waals surface area contributed by atoms with Gasteiger partial charge in [0, 0.05) is 25.7 Å². The summed E-state index contributed by atoms with van der Waals surface area (Å²) < 4.78 is 0. The molecule has 2 unspecified atom stereocenters. The Hall–Kier alpha value is -0.860. The molecule has 1 aliphatic heterocycles. The van der Waals surface area contributed by atoms with Crippen LogP contribution in [0, 0.1) is 17.8 Å². The molecule has 1 heterocycles. The van der Waals surface area contributed by atoms with Crippen LogP contribution in [0.15, 0.2) is 30.3 Å². The maximum absolute atomic E-state index is 9.14. The lowest BCUT2D eigenvalue weighted by Crippen LogP contribution is -2.28. The van der Waals surface area contributed by atoms with Crippen molar-refractivity contribution in [3.63, 3.8) is 0 Å². The zero-order chi connectivity index (χ0) is 11.1. The number of hydrogen-bond acceptors (Lipinski definition) is 2. The number of rotatable bonds is 3. The van der Waals surface area contributed by atoms with Crippen LogP contribution in [0.5, 0.6) is 0 Å². The van der Waals surface area contributed by atoms with Gasteiger partial charge in [0.2, 0.25) is 0 Å². The van der Waals surface area contributed by atoms with Crippen molar-refractivity contribution in [3.8, 4) is 0 Å². The third kappa shape index (κ3) is 1.57. The zero-order valence-electron chi connectivity index (χ0n) is 9.71. The SMILES string of the molecule is CC(c1ccccc1)N1C[C@@H]2C(CO)[C@@H]2C1. The molecule has 4 atom stereocenters. The van der Waals surface area contributed by atoms with Crippen LogP contribution in [0.3, 0.4) is 0 Å². The van der Waals surface area contributed by atoms with Gasteiger partial charge in [-0.15, -0.1) is 0 Å². The molecule has 86 valence electrons. The van der Waals surface area contributed by atoms with Gasteiger partial charge in [0.1, 0.15) is 0 Å². The second-order valence-corrected chi connectivity index (χ2v) is 5.21. The lowest BCUT2D eigenvalue weighted by atomic mass is 10.1. The molecule has 2 aliphatic rings. The number of hydrogen-bond donors (Lipinski definition) is 1. The summed E-state index contributed by atoms with van der Waals surface area (Å²) in [5.41, 5.74) is 1.41. The Morgan fingerprint density at radius 1 is 1.25 bits per heavy atom. The van der Waals surface area contributed by atoms with Gasteiger partial charge in [-0.3, -0.25) is 4.90 Å². The monoisotopic (exact) mass is 217 g/mol. The fraction of sp³-hybridized carbons (Fsp3) is 0.571. The number of piperidine rings is 1. The van der Waals surface area contributed by atoms with E-state index >= 15 is 0 Å². The van der Waals surface area contributed by atoms with Gasteiger partial charge in [-0.25, -0.2) is 0 Å². The van der Waals surface area contributed by atoms with E-state index in [4.69, 9.17) is 5.11 Å². The van der Waals surface area contributed by atoms with Crippen molar-refractivity contribution in [3.05, 3.63) is 35.9 Å². The van der Waals surface area contributed by atoms with Crippen LogP contribution >= 0.6 is 0 Å². The predicted molar refractivity (Wildman–Crippen MR) is 64.0 cm³/mol. The summed E-state index contributed by atoms with van der Waals surface area (Å²) in [5.74, 6) is 2.16. The Morgan fingerprint density at radius 2 is 1.88 bits per heavy atom. The molecular weight excluding hydrogens is 198 g/mol. The summed E-state index contributed by atoms with van der Waals surface area (Å²) in [6.07, 6.45) is 0. The lowest BCUT2D eigenvalue weighted by molar-refractivity contribution is 0.191. The number of aliphatic hydroxyl groups excluding tert-OH is 1. The van der Waals surface area contributed by atoms with Crippen LogP contribution in [-0.4, -0.2) is 29.7 Å². The molecule has 0 aromatic heterocycles. The fourth-order valence-corrected chi connectivity index (χ4v) is 3.21. The van der Waals surface area contributed by atoms with Gasteiger partial charge < -0.3 is 5.11 Å². The minimum atomic E-state index is 0.392. The summed E-state index contributed by atoms with van der Waals surface area (Å²) in [7, 11) is 0. The van der Waals surface area contributed by atoms with E-state index < -0.39 is 0 Å². The number of fused-ring (bicyclic) bond motifs is 1. The van der Waals surface area contributed by atoms with Crippen molar-refractivity contribution in [2.24, 2.45) is 17.8 Å². The molecule has 1 saturated carbocycles. The first-order chi connectivity index (χ1) is 7.81. The molecule has 0 radical (unpaired) electrons. The molecule has 2 heteroatoms. The van der Waals surface area contributed by atoms with E-state index in [1.807, 2.05) is 0 Å². The van der Waals surface area contributed by atoms with Crippen LogP contribution in [0.4, 0.5) is 0 Å². The average Bonchev–Trinajstić information content (AvgIpc) is 2.81. The first kappa shape index (κ1) is 10.3. The van der Waals surface area contributed by atoms with E-state index in [9.17, 15) is 0 Å². The zero-order valence-corrected chi connectivity index (χ0v) is 9.71. The molecule has 1 saturated heterocycles. The molecule has 1 aromatic rings. The van der Waals surface area contributed by atoms with Gasteiger partial charge in [0.05, 0.1) is 0 Å². The van der Waals surface area contributed by atoms with Gasteiger partial charge in [-0.1, -0.05) is 30.3 Å². The van der Waals surface area contributed by atoms with Crippen molar-refractivity contribution < 1.29 is 5.11 Å². The molecule has 16 heavy (non-hydrogen) atoms. The minimum absolute atomic E-state index is 0.392. The summed E-state index contributed by atoms with van der Waals surface area (Å²) in [6.45, 7) is 5.02. The normalized spacial score (nSPS) is 34.8. The summed E-state index contributed by atoms with van der Waals surface area (Å²) in [5, 5.41) is 9.14. The highest BCUT2D eigenvalue weighted by Gasteiger charge is 2.55. The number of likely N-dealkylation sites (tertiary alicyclic amines) is 1. The predicted octanol–water partition coefficient (Wildman–Crippen LogP) is 1.92. The lowest BCUT2D eigenvalue weighted by Gasteiger charge is -2.26. The topological polar surface area (TPSA) is 23.5 Å². The van der Waals surface area contributed by atoms with Gasteiger partial charge in [0.15, 0.2) is 0 Å². The van der Waals surface area contributed by atoms with Crippen molar-refractivity contribution in [2.75, 3.05) is 19.7 Å². The van der Waals surface area contributed by atoms with Crippen LogP contribution < -0.4 is 0 Å². The molecule has 1 aliphatic carbocycles. The van der Waals surface area contributed by atoms with E-state index in [1.54, 1.807) is 0 Å². The van der Waals surface area contributed by atoms with E-state index in [1.165, 1.54) is 18.7 Å². The second-order valence-electron chi connectivity index (χ2n) is 5.21. The highest BCUT2D eigenvalue weighted by atomic mass is 16.3. The highest BCUT2D eigenvalue weighted by Crippen LogP contribution is 2.52. The molecular formula is C14H19NO. The second kappa shape index (κ2) is 3.86. The van der Waals surface area contributed by atoms with Crippen LogP contribution in [-0.2, 0) is 0 Å². The Morgan fingerprint density at radius 3 is 2.44 bits per heavy atom. The Balaban J connectivity index is 1.64. The standard InChI is InChI=1S/C14H19NO/c1-10(11-5-3-2-4-6-11)15-7-12-13(8-15)14(12)9-16/h2-6,10,12-14,16H,7-9H2,1H3/t10?,12-,13+,14?. The van der Waals surface area contributed by atoms with E-state index in [-0.39, 0.29) is 0 Å². The molecule has 2 nitrogen and oxygen atoms in total.